The summed E-state index contributed by atoms with van der Waals surface area (Å²) in [5.41, 5.74) is 0. The number of likely N-dealkylation sites (tertiary alicyclic amines) is 1. The van der Waals surface area contributed by atoms with Crippen LogP contribution in [0.1, 0.15) is 46.0 Å². The van der Waals surface area contributed by atoms with Crippen LogP contribution in [0.15, 0.2) is 0 Å². The van der Waals surface area contributed by atoms with Gasteiger partial charge in [-0.05, 0) is 46.0 Å². The molecule has 1 heterocycles. The van der Waals surface area contributed by atoms with Gasteiger partial charge in [0, 0.05) is 12.1 Å². The maximum Gasteiger partial charge on any atom is 0.309 e. The number of nitrogens with zero attached hydrogens (tertiary/aromatic N) is 1. The van der Waals surface area contributed by atoms with Crippen molar-refractivity contribution in [3.8, 4) is 0 Å². The average molecular weight is 239 g/mol. The van der Waals surface area contributed by atoms with Gasteiger partial charge in [-0.1, -0.05) is 0 Å². The standard InChI is InChI=1S/C13H21NO3/c1-9-4-3-5-10(2)14(9)12(15)8-17-13(16)11-6-7-11/h9-11H,3-8H2,1-2H3/t9-,10+. The lowest BCUT2D eigenvalue weighted by Gasteiger charge is -2.38. The van der Waals surface area contributed by atoms with E-state index in [4.69, 9.17) is 4.74 Å². The lowest BCUT2D eigenvalue weighted by Crippen LogP contribution is -2.49. The topological polar surface area (TPSA) is 46.6 Å². The van der Waals surface area contributed by atoms with Crippen LogP contribution in [0.3, 0.4) is 0 Å². The first-order chi connectivity index (χ1) is 8.09. The molecule has 1 amide bonds. The minimum absolute atomic E-state index is 0.0429. The molecule has 2 rings (SSSR count). The Hall–Kier alpha value is -1.06. The molecule has 0 radical (unpaired) electrons. The van der Waals surface area contributed by atoms with Crippen LogP contribution >= 0.6 is 0 Å². The second-order valence-electron chi connectivity index (χ2n) is 5.31. The van der Waals surface area contributed by atoms with Gasteiger partial charge in [0.25, 0.3) is 5.91 Å². The number of piperidine rings is 1. The molecule has 2 aliphatic rings. The molecule has 0 spiro atoms. The Balaban J connectivity index is 1.82. The third-order valence-electron chi connectivity index (χ3n) is 3.73. The molecule has 1 aliphatic heterocycles. The van der Waals surface area contributed by atoms with Gasteiger partial charge in [0.05, 0.1) is 5.92 Å². The highest BCUT2D eigenvalue weighted by molar-refractivity contribution is 5.82. The molecule has 17 heavy (non-hydrogen) atoms. The molecule has 0 aromatic carbocycles. The van der Waals surface area contributed by atoms with Crippen LogP contribution < -0.4 is 0 Å². The van der Waals surface area contributed by atoms with Crippen molar-refractivity contribution >= 4 is 11.9 Å². The minimum atomic E-state index is -0.198. The largest absolute Gasteiger partial charge is 0.455 e. The fraction of sp³-hybridized carbons (Fsp3) is 0.846. The molecule has 0 N–H and O–H groups in total. The monoisotopic (exact) mass is 239 g/mol. The Kier molecular flexibility index (Phi) is 3.69. The van der Waals surface area contributed by atoms with Gasteiger partial charge in [-0.25, -0.2) is 0 Å². The van der Waals surface area contributed by atoms with Crippen LogP contribution in [-0.2, 0) is 14.3 Å². The van der Waals surface area contributed by atoms with E-state index in [2.05, 4.69) is 13.8 Å². The van der Waals surface area contributed by atoms with Crippen molar-refractivity contribution in [2.75, 3.05) is 6.61 Å². The predicted octanol–water partition coefficient (Wildman–Crippen LogP) is 1.73. The lowest BCUT2D eigenvalue weighted by molar-refractivity contribution is -0.155. The minimum Gasteiger partial charge on any atom is -0.455 e. The van der Waals surface area contributed by atoms with Gasteiger partial charge < -0.3 is 9.64 Å². The van der Waals surface area contributed by atoms with Gasteiger partial charge in [-0.2, -0.15) is 0 Å². The van der Waals surface area contributed by atoms with E-state index in [0.717, 1.165) is 25.7 Å². The van der Waals surface area contributed by atoms with E-state index in [9.17, 15) is 9.59 Å². The number of rotatable bonds is 3. The summed E-state index contributed by atoms with van der Waals surface area (Å²) in [5.74, 6) is -0.173. The zero-order valence-corrected chi connectivity index (χ0v) is 10.6. The molecule has 1 saturated carbocycles. The Morgan fingerprint density at radius 3 is 2.24 bits per heavy atom. The molecule has 4 nitrogen and oxygen atoms in total. The number of ether oxygens (including phenoxy) is 1. The first-order valence-corrected chi connectivity index (χ1v) is 6.57. The van der Waals surface area contributed by atoms with Crippen molar-refractivity contribution in [2.24, 2.45) is 5.92 Å². The van der Waals surface area contributed by atoms with Crippen LogP contribution in [0, 0.1) is 5.92 Å². The predicted molar refractivity (Wildman–Crippen MR) is 63.3 cm³/mol. The Morgan fingerprint density at radius 1 is 1.12 bits per heavy atom. The Bertz CT molecular complexity index is 302. The van der Waals surface area contributed by atoms with Crippen LogP contribution in [-0.4, -0.2) is 35.5 Å². The maximum atomic E-state index is 12.0. The van der Waals surface area contributed by atoms with E-state index in [1.165, 1.54) is 6.42 Å². The first-order valence-electron chi connectivity index (χ1n) is 6.57. The third kappa shape index (κ3) is 2.99. The smallest absolute Gasteiger partial charge is 0.309 e. The fourth-order valence-electron chi connectivity index (χ4n) is 2.56. The van der Waals surface area contributed by atoms with E-state index in [1.807, 2.05) is 4.90 Å². The Morgan fingerprint density at radius 2 is 1.71 bits per heavy atom. The van der Waals surface area contributed by atoms with Crippen molar-refractivity contribution < 1.29 is 14.3 Å². The summed E-state index contributed by atoms with van der Waals surface area (Å²) in [4.78, 5) is 25.3. The van der Waals surface area contributed by atoms with Gasteiger partial charge in [-0.15, -0.1) is 0 Å². The molecule has 96 valence electrons. The second-order valence-corrected chi connectivity index (χ2v) is 5.31. The van der Waals surface area contributed by atoms with Crippen molar-refractivity contribution in [3.05, 3.63) is 0 Å². The van der Waals surface area contributed by atoms with Crippen LogP contribution in [0.4, 0.5) is 0 Å². The number of amides is 1. The molecule has 2 atom stereocenters. The summed E-state index contributed by atoms with van der Waals surface area (Å²) in [5, 5.41) is 0. The molecule has 0 bridgehead atoms. The van der Waals surface area contributed by atoms with Crippen LogP contribution in [0.25, 0.3) is 0 Å². The van der Waals surface area contributed by atoms with Crippen LogP contribution in [0.2, 0.25) is 0 Å². The summed E-state index contributed by atoms with van der Waals surface area (Å²) in [6.07, 6.45) is 5.11. The summed E-state index contributed by atoms with van der Waals surface area (Å²) in [6.45, 7) is 4.05. The molecular formula is C13H21NO3. The lowest BCUT2D eigenvalue weighted by atomic mass is 9.97. The molecule has 1 aliphatic carbocycles. The van der Waals surface area contributed by atoms with E-state index >= 15 is 0 Å². The highest BCUT2D eigenvalue weighted by Gasteiger charge is 2.33. The van der Waals surface area contributed by atoms with Gasteiger partial charge in [-0.3, -0.25) is 9.59 Å². The van der Waals surface area contributed by atoms with Crippen molar-refractivity contribution in [3.63, 3.8) is 0 Å². The molecule has 0 aromatic rings. The summed E-state index contributed by atoms with van der Waals surface area (Å²) in [6, 6.07) is 0.539. The Labute approximate surface area is 102 Å². The number of hydrogen-bond acceptors (Lipinski definition) is 3. The summed E-state index contributed by atoms with van der Waals surface area (Å²) in [7, 11) is 0. The molecule has 0 unspecified atom stereocenters. The quantitative estimate of drug-likeness (QED) is 0.705. The van der Waals surface area contributed by atoms with Gasteiger partial charge in [0.15, 0.2) is 6.61 Å². The highest BCUT2D eigenvalue weighted by atomic mass is 16.5. The molecule has 2 fully saturated rings. The normalized spacial score (nSPS) is 28.9. The average Bonchev–Trinajstić information content (AvgIpc) is 3.09. The number of hydrogen-bond donors (Lipinski definition) is 0. The SMILES string of the molecule is C[C@@H]1CCC[C@H](C)N1C(=O)COC(=O)C1CC1. The van der Waals surface area contributed by atoms with Gasteiger partial charge >= 0.3 is 5.97 Å². The zero-order valence-electron chi connectivity index (χ0n) is 10.6. The molecule has 4 heteroatoms. The summed E-state index contributed by atoms with van der Waals surface area (Å²) >= 11 is 0. The fourth-order valence-corrected chi connectivity index (χ4v) is 2.56. The summed E-state index contributed by atoms with van der Waals surface area (Å²) < 4.78 is 5.05. The number of carbonyl (C=O) groups excluding carboxylic acids is 2. The highest BCUT2D eigenvalue weighted by Crippen LogP contribution is 2.30. The van der Waals surface area contributed by atoms with E-state index in [0.29, 0.717) is 0 Å². The van der Waals surface area contributed by atoms with Crippen LogP contribution in [0.5, 0.6) is 0 Å². The molecular weight excluding hydrogens is 218 g/mol. The van der Waals surface area contributed by atoms with Crippen molar-refractivity contribution in [1.29, 1.82) is 0 Å². The maximum absolute atomic E-state index is 12.0. The van der Waals surface area contributed by atoms with Gasteiger partial charge in [0.2, 0.25) is 0 Å². The van der Waals surface area contributed by atoms with E-state index in [1.54, 1.807) is 0 Å². The van der Waals surface area contributed by atoms with Crippen molar-refractivity contribution in [1.82, 2.24) is 4.90 Å². The zero-order chi connectivity index (χ0) is 12.4. The van der Waals surface area contributed by atoms with E-state index < -0.39 is 0 Å². The number of carbonyl (C=O) groups is 2. The first kappa shape index (κ1) is 12.4. The third-order valence-corrected chi connectivity index (χ3v) is 3.73. The second kappa shape index (κ2) is 5.07. The van der Waals surface area contributed by atoms with Crippen molar-refractivity contribution in [2.45, 2.75) is 58.0 Å². The van der Waals surface area contributed by atoms with Gasteiger partial charge in [0.1, 0.15) is 0 Å². The number of esters is 1. The molecule has 0 aromatic heterocycles. The van der Waals surface area contributed by atoms with E-state index in [-0.39, 0.29) is 36.5 Å². The molecule has 1 saturated heterocycles.